The lowest BCUT2D eigenvalue weighted by molar-refractivity contribution is -0.142. The molecule has 1 aromatic carbocycles. The third-order valence-corrected chi connectivity index (χ3v) is 4.78. The Balaban J connectivity index is 1.51. The van der Waals surface area contributed by atoms with Crippen molar-refractivity contribution in [1.29, 1.82) is 0 Å². The van der Waals surface area contributed by atoms with E-state index < -0.39 is 5.97 Å². The zero-order valence-corrected chi connectivity index (χ0v) is 13.8. The number of nitrogens with zero attached hydrogens (tertiary/aromatic N) is 1. The highest BCUT2D eigenvalue weighted by atomic mass is 16.5. The van der Waals surface area contributed by atoms with Gasteiger partial charge in [-0.1, -0.05) is 24.3 Å². The van der Waals surface area contributed by atoms with Crippen molar-refractivity contribution in [2.75, 3.05) is 13.7 Å². The van der Waals surface area contributed by atoms with Crippen LogP contribution in [-0.4, -0.2) is 48.4 Å². The molecule has 128 valence electrons. The molecular formula is C18H22N2O4. The predicted octanol–water partition coefficient (Wildman–Crippen LogP) is 0.824. The van der Waals surface area contributed by atoms with Gasteiger partial charge in [0.15, 0.2) is 0 Å². The van der Waals surface area contributed by atoms with Crippen molar-refractivity contribution in [3.63, 3.8) is 0 Å². The number of fused-ring (bicyclic) bond motifs is 1. The van der Waals surface area contributed by atoms with Gasteiger partial charge in [0.25, 0.3) is 0 Å². The van der Waals surface area contributed by atoms with E-state index >= 15 is 0 Å². The Labute approximate surface area is 141 Å². The molecule has 0 radical (unpaired) electrons. The monoisotopic (exact) mass is 330 g/mol. The van der Waals surface area contributed by atoms with Gasteiger partial charge in [-0.15, -0.1) is 0 Å². The van der Waals surface area contributed by atoms with E-state index in [9.17, 15) is 14.4 Å². The maximum absolute atomic E-state index is 12.3. The van der Waals surface area contributed by atoms with Gasteiger partial charge in [-0.25, -0.2) is 0 Å². The summed E-state index contributed by atoms with van der Waals surface area (Å²) >= 11 is 0. The third-order valence-electron chi connectivity index (χ3n) is 4.78. The summed E-state index contributed by atoms with van der Waals surface area (Å²) in [5.74, 6) is -0.529. The van der Waals surface area contributed by atoms with Crippen LogP contribution in [0.15, 0.2) is 24.3 Å². The minimum Gasteiger partial charge on any atom is -0.469 e. The van der Waals surface area contributed by atoms with Crippen molar-refractivity contribution >= 4 is 17.8 Å². The fraction of sp³-hybridized carbons (Fsp3) is 0.500. The summed E-state index contributed by atoms with van der Waals surface area (Å²) in [7, 11) is 1.30. The number of rotatable bonds is 5. The largest absolute Gasteiger partial charge is 0.469 e. The molecule has 2 amide bonds. The minimum atomic E-state index is -0.405. The molecule has 0 saturated carbocycles. The summed E-state index contributed by atoms with van der Waals surface area (Å²) in [5.41, 5.74) is 2.61. The van der Waals surface area contributed by atoms with Crippen molar-refractivity contribution in [2.45, 2.75) is 44.2 Å². The number of amides is 2. The number of likely N-dealkylation sites (tertiary alicyclic amines) is 1. The van der Waals surface area contributed by atoms with E-state index in [1.54, 1.807) is 0 Å². The van der Waals surface area contributed by atoms with E-state index in [1.165, 1.54) is 18.2 Å². The zero-order chi connectivity index (χ0) is 17.1. The third kappa shape index (κ3) is 3.58. The first-order chi connectivity index (χ1) is 11.6. The maximum Gasteiger partial charge on any atom is 0.306 e. The van der Waals surface area contributed by atoms with E-state index in [0.29, 0.717) is 13.0 Å². The number of ether oxygens (including phenoxy) is 1. The number of nitrogens with one attached hydrogen (secondary N) is 1. The van der Waals surface area contributed by atoms with Crippen molar-refractivity contribution in [3.05, 3.63) is 35.4 Å². The molecule has 1 atom stereocenters. The summed E-state index contributed by atoms with van der Waals surface area (Å²) in [4.78, 5) is 37.2. The Morgan fingerprint density at radius 3 is 2.46 bits per heavy atom. The second-order valence-corrected chi connectivity index (χ2v) is 6.42. The number of carbonyl (C=O) groups is 3. The second-order valence-electron chi connectivity index (χ2n) is 6.42. The highest BCUT2D eigenvalue weighted by Gasteiger charge is 2.37. The molecule has 0 bridgehead atoms. The van der Waals surface area contributed by atoms with E-state index in [2.05, 4.69) is 22.2 Å². The molecule has 1 aromatic rings. The van der Waals surface area contributed by atoms with Gasteiger partial charge in [0.2, 0.25) is 11.8 Å². The van der Waals surface area contributed by atoms with Crippen LogP contribution in [0.4, 0.5) is 0 Å². The Morgan fingerprint density at radius 1 is 1.17 bits per heavy atom. The van der Waals surface area contributed by atoms with Crippen LogP contribution in [0.5, 0.6) is 0 Å². The van der Waals surface area contributed by atoms with Crippen molar-refractivity contribution < 1.29 is 19.1 Å². The quantitative estimate of drug-likeness (QED) is 0.811. The number of hydrogen-bond donors (Lipinski definition) is 1. The standard InChI is InChI=1S/C18H22N2O4/c1-24-18(23)7-6-16(21)19-14-10-17(22)20(11-14)15-8-12-4-2-3-5-13(12)9-15/h2-5,14-15H,6-11H2,1H3,(H,19,21)/t14-/m1/s1. The van der Waals surface area contributed by atoms with Gasteiger partial charge < -0.3 is 15.0 Å². The number of hydrogen-bond acceptors (Lipinski definition) is 4. The number of esters is 1. The molecule has 1 fully saturated rings. The van der Waals surface area contributed by atoms with E-state index in [-0.39, 0.29) is 36.7 Å². The van der Waals surface area contributed by atoms with Gasteiger partial charge in [-0.3, -0.25) is 14.4 Å². The van der Waals surface area contributed by atoms with E-state index in [1.807, 2.05) is 17.0 Å². The summed E-state index contributed by atoms with van der Waals surface area (Å²) in [5, 5.41) is 2.85. The van der Waals surface area contributed by atoms with Crippen LogP contribution >= 0.6 is 0 Å². The molecule has 0 unspecified atom stereocenters. The molecule has 1 saturated heterocycles. The predicted molar refractivity (Wildman–Crippen MR) is 87.1 cm³/mol. The number of methoxy groups -OCH3 is 1. The van der Waals surface area contributed by atoms with Gasteiger partial charge >= 0.3 is 5.97 Å². The van der Waals surface area contributed by atoms with Crippen LogP contribution < -0.4 is 5.32 Å². The normalized spacial score (nSPS) is 20.1. The van der Waals surface area contributed by atoms with Crippen molar-refractivity contribution in [1.82, 2.24) is 10.2 Å². The first-order valence-corrected chi connectivity index (χ1v) is 8.29. The van der Waals surface area contributed by atoms with Gasteiger partial charge in [0, 0.05) is 25.4 Å². The molecule has 0 aromatic heterocycles. The van der Waals surface area contributed by atoms with E-state index in [4.69, 9.17) is 0 Å². The Morgan fingerprint density at radius 2 is 1.83 bits per heavy atom. The van der Waals surface area contributed by atoms with Crippen molar-refractivity contribution in [2.24, 2.45) is 0 Å². The molecule has 1 aliphatic heterocycles. The Bertz CT molecular complexity index is 633. The average molecular weight is 330 g/mol. The topological polar surface area (TPSA) is 75.7 Å². The summed E-state index contributed by atoms with van der Waals surface area (Å²) in [6.07, 6.45) is 2.24. The lowest BCUT2D eigenvalue weighted by atomic mass is 10.1. The minimum absolute atomic E-state index is 0.0602. The Hall–Kier alpha value is -2.37. The van der Waals surface area contributed by atoms with Gasteiger partial charge in [0.05, 0.1) is 19.6 Å². The molecule has 1 N–H and O–H groups in total. The summed E-state index contributed by atoms with van der Waals surface area (Å²) in [6, 6.07) is 8.29. The highest BCUT2D eigenvalue weighted by Crippen LogP contribution is 2.28. The smallest absolute Gasteiger partial charge is 0.306 e. The van der Waals surface area contributed by atoms with Crippen LogP contribution in [-0.2, 0) is 32.0 Å². The SMILES string of the molecule is COC(=O)CCC(=O)N[C@@H]1CC(=O)N(C2Cc3ccccc3C2)C1. The summed E-state index contributed by atoms with van der Waals surface area (Å²) < 4.78 is 4.52. The fourth-order valence-electron chi connectivity index (χ4n) is 3.55. The van der Waals surface area contributed by atoms with Crippen LogP contribution in [0.25, 0.3) is 0 Å². The first-order valence-electron chi connectivity index (χ1n) is 8.29. The van der Waals surface area contributed by atoms with Gasteiger partial charge in [-0.05, 0) is 24.0 Å². The average Bonchev–Trinajstić information content (AvgIpc) is 3.15. The maximum atomic E-state index is 12.3. The molecule has 2 aliphatic rings. The first kappa shape index (κ1) is 16.5. The molecule has 1 aliphatic carbocycles. The molecule has 3 rings (SSSR count). The van der Waals surface area contributed by atoms with E-state index in [0.717, 1.165) is 12.8 Å². The van der Waals surface area contributed by atoms with Crippen LogP contribution in [0.2, 0.25) is 0 Å². The fourth-order valence-corrected chi connectivity index (χ4v) is 3.55. The molecule has 24 heavy (non-hydrogen) atoms. The highest BCUT2D eigenvalue weighted by molar-refractivity contribution is 5.84. The van der Waals surface area contributed by atoms with Crippen LogP contribution in [0.3, 0.4) is 0 Å². The lowest BCUT2D eigenvalue weighted by Crippen LogP contribution is -2.41. The van der Waals surface area contributed by atoms with Gasteiger partial charge in [0.1, 0.15) is 0 Å². The molecule has 6 heteroatoms. The second kappa shape index (κ2) is 7.03. The molecule has 0 spiro atoms. The summed E-state index contributed by atoms with van der Waals surface area (Å²) in [6.45, 7) is 0.543. The van der Waals surface area contributed by atoms with Gasteiger partial charge in [-0.2, -0.15) is 0 Å². The van der Waals surface area contributed by atoms with Crippen LogP contribution in [0.1, 0.15) is 30.4 Å². The zero-order valence-electron chi connectivity index (χ0n) is 13.8. The molecule has 1 heterocycles. The lowest BCUT2D eigenvalue weighted by Gasteiger charge is -2.24. The number of carbonyl (C=O) groups excluding carboxylic acids is 3. The number of benzene rings is 1. The van der Waals surface area contributed by atoms with Crippen molar-refractivity contribution in [3.8, 4) is 0 Å². The molecular weight excluding hydrogens is 308 g/mol. The van der Waals surface area contributed by atoms with Crippen LogP contribution in [0, 0.1) is 0 Å². The molecule has 6 nitrogen and oxygen atoms in total. The Kier molecular flexibility index (Phi) is 4.83.